The van der Waals surface area contributed by atoms with Crippen LogP contribution in [0, 0.1) is 5.82 Å². The van der Waals surface area contributed by atoms with E-state index in [1.54, 1.807) is 12.1 Å². The molecule has 1 rings (SSSR count). The van der Waals surface area contributed by atoms with E-state index in [9.17, 15) is 4.39 Å². The molecule has 1 aromatic rings. The van der Waals surface area contributed by atoms with E-state index in [4.69, 9.17) is 9.47 Å². The Hall–Kier alpha value is -1.09. The van der Waals surface area contributed by atoms with Crippen LogP contribution >= 0.6 is 0 Å². The predicted molar refractivity (Wildman–Crippen MR) is 48.4 cm³/mol. The van der Waals surface area contributed by atoms with Crippen LogP contribution in [0.25, 0.3) is 0 Å². The molecule has 0 fully saturated rings. The number of ether oxygens (including phenoxy) is 2. The second kappa shape index (κ2) is 5.54. The Kier molecular flexibility index (Phi) is 4.26. The molecule has 0 atom stereocenters. The summed E-state index contributed by atoms with van der Waals surface area (Å²) >= 11 is 0. The lowest BCUT2D eigenvalue weighted by Gasteiger charge is -2.05. The van der Waals surface area contributed by atoms with Crippen LogP contribution in [0.4, 0.5) is 4.39 Å². The Morgan fingerprint density at radius 3 is 2.46 bits per heavy atom. The highest BCUT2D eigenvalue weighted by molar-refractivity contribution is 5.21. The Bertz CT molecular complexity index is 233. The molecule has 0 N–H and O–H groups in total. The van der Waals surface area contributed by atoms with Crippen molar-refractivity contribution in [2.75, 3.05) is 19.8 Å². The number of hydrogen-bond donors (Lipinski definition) is 0. The van der Waals surface area contributed by atoms with Crippen molar-refractivity contribution in [1.82, 2.24) is 0 Å². The van der Waals surface area contributed by atoms with E-state index in [1.807, 2.05) is 6.92 Å². The molecule has 0 aliphatic carbocycles. The van der Waals surface area contributed by atoms with E-state index < -0.39 is 0 Å². The summed E-state index contributed by atoms with van der Waals surface area (Å²) in [5.74, 6) is 0.415. The molecule has 0 spiro atoms. The molecule has 72 valence electrons. The first kappa shape index (κ1) is 9.99. The minimum atomic E-state index is -0.253. The zero-order valence-corrected chi connectivity index (χ0v) is 7.63. The third-order valence-corrected chi connectivity index (χ3v) is 1.51. The lowest BCUT2D eigenvalue weighted by Crippen LogP contribution is -2.06. The third kappa shape index (κ3) is 3.90. The summed E-state index contributed by atoms with van der Waals surface area (Å²) in [5.41, 5.74) is 0. The maximum atomic E-state index is 12.4. The van der Waals surface area contributed by atoms with Crippen LogP contribution in [0.2, 0.25) is 0 Å². The van der Waals surface area contributed by atoms with Gasteiger partial charge in [0, 0.05) is 6.61 Å². The summed E-state index contributed by atoms with van der Waals surface area (Å²) in [4.78, 5) is 0. The first-order valence-corrected chi connectivity index (χ1v) is 4.29. The Morgan fingerprint density at radius 2 is 1.85 bits per heavy atom. The highest BCUT2D eigenvalue weighted by atomic mass is 19.1. The van der Waals surface area contributed by atoms with Crippen molar-refractivity contribution in [1.29, 1.82) is 0 Å². The molecule has 0 heterocycles. The molecule has 2 nitrogen and oxygen atoms in total. The summed E-state index contributed by atoms with van der Waals surface area (Å²) in [7, 11) is 0. The van der Waals surface area contributed by atoms with Crippen LogP contribution in [0.3, 0.4) is 0 Å². The van der Waals surface area contributed by atoms with Gasteiger partial charge < -0.3 is 9.47 Å². The molecule has 0 aliphatic rings. The van der Waals surface area contributed by atoms with Gasteiger partial charge in [0.2, 0.25) is 0 Å². The molecular formula is C10H13FO2. The van der Waals surface area contributed by atoms with Crippen LogP contribution in [0.5, 0.6) is 5.75 Å². The minimum Gasteiger partial charge on any atom is -0.491 e. The van der Waals surface area contributed by atoms with Gasteiger partial charge in [0.05, 0.1) is 6.61 Å². The van der Waals surface area contributed by atoms with Gasteiger partial charge in [-0.25, -0.2) is 4.39 Å². The Balaban J connectivity index is 2.25. The van der Waals surface area contributed by atoms with Gasteiger partial charge in [-0.15, -0.1) is 0 Å². The Morgan fingerprint density at radius 1 is 1.15 bits per heavy atom. The van der Waals surface area contributed by atoms with Crippen molar-refractivity contribution in [3.8, 4) is 5.75 Å². The Labute approximate surface area is 77.3 Å². The average Bonchev–Trinajstić information content (AvgIpc) is 2.15. The SMILES string of the molecule is CCOCCOc1ccc(F)cc1. The van der Waals surface area contributed by atoms with Crippen molar-refractivity contribution in [2.24, 2.45) is 0 Å². The fraction of sp³-hybridized carbons (Fsp3) is 0.400. The molecule has 0 amide bonds. The first-order chi connectivity index (χ1) is 6.33. The van der Waals surface area contributed by atoms with Crippen molar-refractivity contribution in [3.63, 3.8) is 0 Å². The van der Waals surface area contributed by atoms with E-state index in [0.717, 1.165) is 0 Å². The van der Waals surface area contributed by atoms with Crippen LogP contribution in [0.1, 0.15) is 6.92 Å². The maximum Gasteiger partial charge on any atom is 0.123 e. The zero-order chi connectivity index (χ0) is 9.52. The molecule has 0 radical (unpaired) electrons. The molecule has 1 aromatic carbocycles. The number of halogens is 1. The van der Waals surface area contributed by atoms with Gasteiger partial charge in [0.15, 0.2) is 0 Å². The van der Waals surface area contributed by atoms with Crippen LogP contribution in [-0.4, -0.2) is 19.8 Å². The van der Waals surface area contributed by atoms with Crippen LogP contribution in [-0.2, 0) is 4.74 Å². The normalized spacial score (nSPS) is 10.0. The molecule has 13 heavy (non-hydrogen) atoms. The average molecular weight is 184 g/mol. The lowest BCUT2D eigenvalue weighted by atomic mass is 10.3. The van der Waals surface area contributed by atoms with Gasteiger partial charge in [0.1, 0.15) is 18.2 Å². The van der Waals surface area contributed by atoms with Gasteiger partial charge in [0.25, 0.3) is 0 Å². The number of rotatable bonds is 5. The van der Waals surface area contributed by atoms with Crippen molar-refractivity contribution < 1.29 is 13.9 Å². The summed E-state index contributed by atoms with van der Waals surface area (Å²) < 4.78 is 22.8. The number of benzene rings is 1. The second-order valence-electron chi connectivity index (χ2n) is 2.50. The van der Waals surface area contributed by atoms with Gasteiger partial charge in [-0.2, -0.15) is 0 Å². The largest absolute Gasteiger partial charge is 0.491 e. The summed E-state index contributed by atoms with van der Waals surface area (Å²) in [6.07, 6.45) is 0. The second-order valence-corrected chi connectivity index (χ2v) is 2.50. The van der Waals surface area contributed by atoms with Gasteiger partial charge in [-0.3, -0.25) is 0 Å². The third-order valence-electron chi connectivity index (χ3n) is 1.51. The minimum absolute atomic E-state index is 0.253. The zero-order valence-electron chi connectivity index (χ0n) is 7.63. The topological polar surface area (TPSA) is 18.5 Å². The van der Waals surface area contributed by atoms with Crippen molar-refractivity contribution in [2.45, 2.75) is 6.92 Å². The van der Waals surface area contributed by atoms with Gasteiger partial charge in [-0.1, -0.05) is 0 Å². The van der Waals surface area contributed by atoms with E-state index in [1.165, 1.54) is 12.1 Å². The van der Waals surface area contributed by atoms with Crippen LogP contribution in [0.15, 0.2) is 24.3 Å². The summed E-state index contributed by atoms with van der Waals surface area (Å²) in [6, 6.07) is 5.94. The number of hydrogen-bond acceptors (Lipinski definition) is 2. The van der Waals surface area contributed by atoms with E-state index in [2.05, 4.69) is 0 Å². The van der Waals surface area contributed by atoms with Gasteiger partial charge in [-0.05, 0) is 31.2 Å². The highest BCUT2D eigenvalue weighted by Crippen LogP contribution is 2.10. The molecule has 0 aliphatic heterocycles. The van der Waals surface area contributed by atoms with Crippen molar-refractivity contribution >= 4 is 0 Å². The summed E-state index contributed by atoms with van der Waals surface area (Å²) in [6.45, 7) is 3.68. The fourth-order valence-corrected chi connectivity index (χ4v) is 0.894. The monoisotopic (exact) mass is 184 g/mol. The summed E-state index contributed by atoms with van der Waals surface area (Å²) in [5, 5.41) is 0. The van der Waals surface area contributed by atoms with E-state index >= 15 is 0 Å². The molecule has 0 bridgehead atoms. The molecule has 0 aromatic heterocycles. The predicted octanol–water partition coefficient (Wildman–Crippen LogP) is 2.24. The van der Waals surface area contributed by atoms with Gasteiger partial charge >= 0.3 is 0 Å². The van der Waals surface area contributed by atoms with E-state index in [0.29, 0.717) is 25.6 Å². The van der Waals surface area contributed by atoms with E-state index in [-0.39, 0.29) is 5.82 Å². The molecule has 0 saturated carbocycles. The molecule has 0 unspecified atom stereocenters. The maximum absolute atomic E-state index is 12.4. The smallest absolute Gasteiger partial charge is 0.123 e. The molecule has 3 heteroatoms. The quantitative estimate of drug-likeness (QED) is 0.653. The van der Waals surface area contributed by atoms with Crippen LogP contribution < -0.4 is 4.74 Å². The molecular weight excluding hydrogens is 171 g/mol. The fourth-order valence-electron chi connectivity index (χ4n) is 0.894. The molecule has 0 saturated heterocycles. The standard InChI is InChI=1S/C10H13FO2/c1-2-12-7-8-13-10-5-3-9(11)4-6-10/h3-6H,2,7-8H2,1H3. The lowest BCUT2D eigenvalue weighted by molar-refractivity contribution is 0.110. The highest BCUT2D eigenvalue weighted by Gasteiger charge is 1.93. The first-order valence-electron chi connectivity index (χ1n) is 4.29. The van der Waals surface area contributed by atoms with Crippen molar-refractivity contribution in [3.05, 3.63) is 30.1 Å².